The van der Waals surface area contributed by atoms with Gasteiger partial charge in [-0.05, 0) is 66.3 Å². The highest BCUT2D eigenvalue weighted by atomic mass is 16.5. The lowest BCUT2D eigenvalue weighted by Gasteiger charge is -2.16. The van der Waals surface area contributed by atoms with Gasteiger partial charge in [0.25, 0.3) is 5.91 Å². The van der Waals surface area contributed by atoms with E-state index in [9.17, 15) is 9.59 Å². The van der Waals surface area contributed by atoms with Crippen molar-refractivity contribution < 1.29 is 14.3 Å². The number of hydrogen-bond donors (Lipinski definition) is 1. The zero-order valence-corrected chi connectivity index (χ0v) is 14.8. The Kier molecular flexibility index (Phi) is 4.45. The maximum atomic E-state index is 12.3. The zero-order chi connectivity index (χ0) is 18.1. The lowest BCUT2D eigenvalue weighted by molar-refractivity contribution is 0.0956. The first-order chi connectivity index (χ1) is 12.7. The van der Waals surface area contributed by atoms with Gasteiger partial charge in [0.2, 0.25) is 0 Å². The van der Waals surface area contributed by atoms with Crippen LogP contribution in [0.15, 0.2) is 30.5 Å². The topological polar surface area (TPSA) is 68.3 Å². The van der Waals surface area contributed by atoms with Gasteiger partial charge in [0.05, 0.1) is 12.8 Å². The van der Waals surface area contributed by atoms with Gasteiger partial charge in [0.15, 0.2) is 0 Å². The molecule has 1 fully saturated rings. The Morgan fingerprint density at radius 1 is 1.27 bits per heavy atom. The van der Waals surface area contributed by atoms with Crippen LogP contribution in [0.2, 0.25) is 0 Å². The van der Waals surface area contributed by atoms with Gasteiger partial charge >= 0.3 is 0 Å². The summed E-state index contributed by atoms with van der Waals surface area (Å²) < 4.78 is 5.87. The molecule has 1 N–H and O–H groups in total. The van der Waals surface area contributed by atoms with Crippen LogP contribution in [0.1, 0.15) is 56.3 Å². The fourth-order valence-electron chi connectivity index (χ4n) is 3.59. The molecule has 0 radical (unpaired) electrons. The normalized spacial score (nSPS) is 18.3. The molecule has 0 saturated heterocycles. The molecule has 1 aromatic carbocycles. The number of pyridine rings is 1. The minimum absolute atomic E-state index is 0.163. The van der Waals surface area contributed by atoms with Gasteiger partial charge in [0.1, 0.15) is 17.7 Å². The molecule has 1 amide bonds. The largest absolute Gasteiger partial charge is 0.492 e. The van der Waals surface area contributed by atoms with E-state index in [1.54, 1.807) is 13.2 Å². The van der Waals surface area contributed by atoms with Crippen LogP contribution in [0, 0.1) is 5.92 Å². The number of aldehydes is 1. The number of hydrogen-bond acceptors (Lipinski definition) is 4. The number of benzene rings is 1. The number of nitrogens with one attached hydrogen (secondary N) is 1. The molecular weight excluding hydrogens is 328 g/mol. The SMILES string of the molecule is CNC(=O)c1ncc(OCC2CC2)cc1[C@@H]1Cc2ccc(C=O)cc2C1. The van der Waals surface area contributed by atoms with Crippen molar-refractivity contribution in [1.82, 2.24) is 10.3 Å². The summed E-state index contributed by atoms with van der Waals surface area (Å²) in [7, 11) is 1.62. The average Bonchev–Trinajstić information content (AvgIpc) is 3.41. The second-order valence-corrected chi connectivity index (χ2v) is 7.19. The molecule has 1 heterocycles. The number of carbonyl (C=O) groups excluding carboxylic acids is 2. The summed E-state index contributed by atoms with van der Waals surface area (Å²) in [5.74, 6) is 1.37. The Balaban J connectivity index is 1.63. The Hall–Kier alpha value is -2.69. The Morgan fingerprint density at radius 2 is 2.08 bits per heavy atom. The monoisotopic (exact) mass is 350 g/mol. The van der Waals surface area contributed by atoms with Crippen LogP contribution in [0.5, 0.6) is 5.75 Å². The number of aromatic nitrogens is 1. The molecule has 2 aromatic rings. The first-order valence-electron chi connectivity index (χ1n) is 9.09. The Labute approximate surface area is 152 Å². The van der Waals surface area contributed by atoms with E-state index in [-0.39, 0.29) is 11.8 Å². The molecule has 2 aliphatic carbocycles. The summed E-state index contributed by atoms with van der Waals surface area (Å²) in [6.07, 6.45) is 6.61. The van der Waals surface area contributed by atoms with Crippen LogP contribution in [0.4, 0.5) is 0 Å². The van der Waals surface area contributed by atoms with E-state index in [2.05, 4.69) is 10.3 Å². The minimum Gasteiger partial charge on any atom is -0.492 e. The van der Waals surface area contributed by atoms with Crippen LogP contribution in [-0.2, 0) is 12.8 Å². The first-order valence-corrected chi connectivity index (χ1v) is 9.09. The van der Waals surface area contributed by atoms with Gasteiger partial charge in [0, 0.05) is 12.6 Å². The highest BCUT2D eigenvalue weighted by Crippen LogP contribution is 2.37. The van der Waals surface area contributed by atoms with Crippen molar-refractivity contribution in [2.75, 3.05) is 13.7 Å². The summed E-state index contributed by atoms with van der Waals surface area (Å²) in [6.45, 7) is 0.716. The van der Waals surface area contributed by atoms with Crippen molar-refractivity contribution in [3.8, 4) is 5.75 Å². The van der Waals surface area contributed by atoms with E-state index in [1.165, 1.54) is 24.0 Å². The van der Waals surface area contributed by atoms with Crippen molar-refractivity contribution in [1.29, 1.82) is 0 Å². The van der Waals surface area contributed by atoms with E-state index >= 15 is 0 Å². The van der Waals surface area contributed by atoms with Gasteiger partial charge in [-0.1, -0.05) is 12.1 Å². The lowest BCUT2D eigenvalue weighted by atomic mass is 9.94. The maximum absolute atomic E-state index is 12.3. The molecule has 5 nitrogen and oxygen atoms in total. The number of nitrogens with zero attached hydrogens (tertiary/aromatic N) is 1. The molecule has 0 aliphatic heterocycles. The molecule has 26 heavy (non-hydrogen) atoms. The fourth-order valence-corrected chi connectivity index (χ4v) is 3.59. The van der Waals surface area contributed by atoms with Crippen molar-refractivity contribution in [3.63, 3.8) is 0 Å². The molecule has 0 unspecified atom stereocenters. The zero-order valence-electron chi connectivity index (χ0n) is 14.8. The highest BCUT2D eigenvalue weighted by molar-refractivity contribution is 5.93. The summed E-state index contributed by atoms with van der Waals surface area (Å²) in [5, 5.41) is 2.68. The average molecular weight is 350 g/mol. The van der Waals surface area contributed by atoms with Gasteiger partial charge < -0.3 is 10.1 Å². The quantitative estimate of drug-likeness (QED) is 0.814. The van der Waals surface area contributed by atoms with E-state index in [4.69, 9.17) is 4.74 Å². The molecule has 1 saturated carbocycles. The number of ether oxygens (including phenoxy) is 1. The third kappa shape index (κ3) is 3.34. The molecule has 134 valence electrons. The van der Waals surface area contributed by atoms with Crippen LogP contribution >= 0.6 is 0 Å². The van der Waals surface area contributed by atoms with Crippen LogP contribution in [0.25, 0.3) is 0 Å². The minimum atomic E-state index is -0.182. The van der Waals surface area contributed by atoms with E-state index < -0.39 is 0 Å². The molecule has 4 rings (SSSR count). The summed E-state index contributed by atoms with van der Waals surface area (Å²) in [6, 6.07) is 7.78. The van der Waals surface area contributed by atoms with Gasteiger partial charge in [-0.25, -0.2) is 4.98 Å². The standard InChI is InChI=1S/C21H22N2O3/c1-22-21(25)20-19(9-18(10-23-20)26-12-13-2-3-13)17-7-15-5-4-14(11-24)6-16(15)8-17/h4-6,9-11,13,17H,2-3,7-8,12H2,1H3,(H,22,25)/t17-/m1/s1. The van der Waals surface area contributed by atoms with Crippen LogP contribution < -0.4 is 10.1 Å². The molecule has 1 aromatic heterocycles. The van der Waals surface area contributed by atoms with Crippen molar-refractivity contribution in [2.24, 2.45) is 5.92 Å². The maximum Gasteiger partial charge on any atom is 0.269 e. The van der Waals surface area contributed by atoms with Crippen molar-refractivity contribution in [3.05, 3.63) is 58.4 Å². The number of rotatable bonds is 6. The second kappa shape index (κ2) is 6.90. The third-order valence-electron chi connectivity index (χ3n) is 5.26. The summed E-state index contributed by atoms with van der Waals surface area (Å²) in [4.78, 5) is 27.7. The molecule has 5 heteroatoms. The lowest BCUT2D eigenvalue weighted by Crippen LogP contribution is -2.22. The first kappa shape index (κ1) is 16.8. The molecular formula is C21H22N2O3. The number of amides is 1. The highest BCUT2D eigenvalue weighted by Gasteiger charge is 2.28. The van der Waals surface area contributed by atoms with Crippen molar-refractivity contribution >= 4 is 12.2 Å². The number of carbonyl (C=O) groups is 2. The summed E-state index contributed by atoms with van der Waals surface area (Å²) in [5.41, 5.74) is 4.47. The third-order valence-corrected chi connectivity index (χ3v) is 5.26. The second-order valence-electron chi connectivity index (χ2n) is 7.19. The Bertz CT molecular complexity index is 858. The number of fused-ring (bicyclic) bond motifs is 1. The van der Waals surface area contributed by atoms with Gasteiger partial charge in [-0.2, -0.15) is 0 Å². The van der Waals surface area contributed by atoms with E-state index in [0.717, 1.165) is 30.4 Å². The predicted octanol–water partition coefficient (Wildman–Crippen LogP) is 2.92. The van der Waals surface area contributed by atoms with Crippen molar-refractivity contribution in [2.45, 2.75) is 31.6 Å². The molecule has 0 bridgehead atoms. The van der Waals surface area contributed by atoms with Crippen LogP contribution in [0.3, 0.4) is 0 Å². The van der Waals surface area contributed by atoms with Crippen LogP contribution in [-0.4, -0.2) is 30.8 Å². The van der Waals surface area contributed by atoms with Gasteiger partial charge in [-0.15, -0.1) is 0 Å². The molecule has 0 spiro atoms. The van der Waals surface area contributed by atoms with Gasteiger partial charge in [-0.3, -0.25) is 9.59 Å². The molecule has 1 atom stereocenters. The molecule has 2 aliphatic rings. The smallest absolute Gasteiger partial charge is 0.269 e. The Morgan fingerprint density at radius 3 is 2.81 bits per heavy atom. The van der Waals surface area contributed by atoms with E-state index in [0.29, 0.717) is 23.8 Å². The fraction of sp³-hybridized carbons (Fsp3) is 0.381. The predicted molar refractivity (Wildman–Crippen MR) is 97.8 cm³/mol. The van der Waals surface area contributed by atoms with E-state index in [1.807, 2.05) is 24.3 Å². The summed E-state index contributed by atoms with van der Waals surface area (Å²) >= 11 is 0.